The topological polar surface area (TPSA) is 41.3 Å². The van der Waals surface area contributed by atoms with E-state index in [1.165, 1.54) is 10.7 Å². The standard InChI is InChI=1S/C8H13N3/c1-11(9)10-7-8-5-3-2-4-6-8/h2-6,10H,7,9H2,1H3. The zero-order valence-electron chi connectivity index (χ0n) is 6.62. The Bertz CT molecular complexity index is 196. The van der Waals surface area contributed by atoms with Crippen LogP contribution >= 0.6 is 0 Å². The summed E-state index contributed by atoms with van der Waals surface area (Å²) in [5.74, 6) is 5.36. The van der Waals surface area contributed by atoms with E-state index in [2.05, 4.69) is 17.6 Å². The lowest BCUT2D eigenvalue weighted by Gasteiger charge is -2.10. The van der Waals surface area contributed by atoms with Gasteiger partial charge in [-0.2, -0.15) is 5.12 Å². The van der Waals surface area contributed by atoms with Gasteiger partial charge in [0, 0.05) is 13.6 Å². The van der Waals surface area contributed by atoms with Gasteiger partial charge in [-0.3, -0.25) is 5.84 Å². The van der Waals surface area contributed by atoms with Crippen LogP contribution in [0.15, 0.2) is 30.3 Å². The number of nitrogens with one attached hydrogen (secondary N) is 1. The second kappa shape index (κ2) is 4.08. The van der Waals surface area contributed by atoms with Crippen LogP contribution in [0.25, 0.3) is 0 Å². The fraction of sp³-hybridized carbons (Fsp3) is 0.250. The number of benzene rings is 1. The van der Waals surface area contributed by atoms with Crippen LogP contribution in [0.4, 0.5) is 0 Å². The van der Waals surface area contributed by atoms with E-state index in [0.717, 1.165) is 6.54 Å². The molecule has 0 heterocycles. The molecule has 0 aliphatic heterocycles. The number of hydrogen-bond acceptors (Lipinski definition) is 3. The van der Waals surface area contributed by atoms with Crippen LogP contribution < -0.4 is 11.3 Å². The Labute approximate surface area is 66.8 Å². The Morgan fingerprint density at radius 2 is 2.00 bits per heavy atom. The fourth-order valence-corrected chi connectivity index (χ4v) is 0.812. The molecule has 0 unspecified atom stereocenters. The number of rotatable bonds is 3. The first-order valence-corrected chi connectivity index (χ1v) is 3.55. The zero-order chi connectivity index (χ0) is 8.10. The van der Waals surface area contributed by atoms with Gasteiger partial charge in [-0.05, 0) is 5.56 Å². The summed E-state index contributed by atoms with van der Waals surface area (Å²) in [6.45, 7) is 0.772. The Balaban J connectivity index is 2.39. The summed E-state index contributed by atoms with van der Waals surface area (Å²) in [7, 11) is 1.77. The van der Waals surface area contributed by atoms with Gasteiger partial charge in [0.2, 0.25) is 0 Å². The summed E-state index contributed by atoms with van der Waals surface area (Å²) in [5.41, 5.74) is 4.20. The zero-order valence-corrected chi connectivity index (χ0v) is 6.62. The monoisotopic (exact) mass is 151 g/mol. The Morgan fingerprint density at radius 3 is 2.55 bits per heavy atom. The Morgan fingerprint density at radius 1 is 1.36 bits per heavy atom. The SMILES string of the molecule is CN(N)NCc1ccccc1. The number of hydrogen-bond donors (Lipinski definition) is 2. The lowest BCUT2D eigenvalue weighted by atomic mass is 10.2. The number of nitrogens with zero attached hydrogens (tertiary/aromatic N) is 1. The van der Waals surface area contributed by atoms with Crippen molar-refractivity contribution in [1.29, 1.82) is 0 Å². The van der Waals surface area contributed by atoms with Crippen molar-refractivity contribution in [3.05, 3.63) is 35.9 Å². The van der Waals surface area contributed by atoms with Gasteiger partial charge in [0.15, 0.2) is 0 Å². The number of nitrogens with two attached hydrogens (primary N) is 1. The molecule has 0 aliphatic carbocycles. The smallest absolute Gasteiger partial charge is 0.0366 e. The first-order valence-electron chi connectivity index (χ1n) is 3.55. The predicted molar refractivity (Wildman–Crippen MR) is 45.2 cm³/mol. The van der Waals surface area contributed by atoms with Crippen molar-refractivity contribution in [2.75, 3.05) is 7.05 Å². The van der Waals surface area contributed by atoms with Crippen LogP contribution in [0.3, 0.4) is 0 Å². The maximum atomic E-state index is 5.36. The van der Waals surface area contributed by atoms with Crippen molar-refractivity contribution in [3.63, 3.8) is 0 Å². The number of hydrazine groups is 2. The predicted octanol–water partition coefficient (Wildman–Crippen LogP) is 0.497. The molecule has 0 fully saturated rings. The van der Waals surface area contributed by atoms with Crippen LogP contribution in [-0.2, 0) is 6.54 Å². The highest BCUT2D eigenvalue weighted by Crippen LogP contribution is 1.96. The van der Waals surface area contributed by atoms with Gasteiger partial charge in [0.05, 0.1) is 0 Å². The molecule has 0 aliphatic rings. The van der Waals surface area contributed by atoms with Crippen LogP contribution in [0.1, 0.15) is 5.56 Å². The minimum Gasteiger partial charge on any atom is -0.255 e. The minimum absolute atomic E-state index is 0.772. The Hall–Kier alpha value is -0.900. The molecule has 1 rings (SSSR count). The largest absolute Gasteiger partial charge is 0.255 e. The third-order valence-corrected chi connectivity index (χ3v) is 1.38. The average molecular weight is 151 g/mol. The summed E-state index contributed by atoms with van der Waals surface area (Å²) in [4.78, 5) is 0. The van der Waals surface area contributed by atoms with E-state index in [-0.39, 0.29) is 0 Å². The summed E-state index contributed by atoms with van der Waals surface area (Å²) < 4.78 is 0. The van der Waals surface area contributed by atoms with Crippen LogP contribution in [0, 0.1) is 0 Å². The van der Waals surface area contributed by atoms with E-state index in [1.54, 1.807) is 7.05 Å². The summed E-state index contributed by atoms with van der Waals surface area (Å²) in [6, 6.07) is 10.1. The van der Waals surface area contributed by atoms with Gasteiger partial charge in [-0.15, -0.1) is 0 Å². The van der Waals surface area contributed by atoms with Crippen molar-refractivity contribution in [2.24, 2.45) is 5.84 Å². The molecule has 0 aromatic heterocycles. The second-order valence-corrected chi connectivity index (χ2v) is 2.43. The molecule has 11 heavy (non-hydrogen) atoms. The molecule has 0 amide bonds. The maximum Gasteiger partial charge on any atom is 0.0366 e. The molecule has 0 spiro atoms. The average Bonchev–Trinajstić information content (AvgIpc) is 2.03. The van der Waals surface area contributed by atoms with Crippen LogP contribution in [0.5, 0.6) is 0 Å². The highest BCUT2D eigenvalue weighted by atomic mass is 15.6. The van der Waals surface area contributed by atoms with Crippen LogP contribution in [0.2, 0.25) is 0 Å². The maximum absolute atomic E-state index is 5.36. The van der Waals surface area contributed by atoms with E-state index in [1.807, 2.05) is 18.2 Å². The normalized spacial score (nSPS) is 10.5. The first kappa shape index (κ1) is 8.20. The molecule has 0 atom stereocenters. The van der Waals surface area contributed by atoms with Crippen molar-refractivity contribution in [3.8, 4) is 0 Å². The van der Waals surface area contributed by atoms with E-state index in [9.17, 15) is 0 Å². The van der Waals surface area contributed by atoms with Crippen LogP contribution in [-0.4, -0.2) is 12.2 Å². The lowest BCUT2D eigenvalue weighted by molar-refractivity contribution is 0.238. The van der Waals surface area contributed by atoms with Crippen molar-refractivity contribution < 1.29 is 0 Å². The molecule has 3 heteroatoms. The third-order valence-electron chi connectivity index (χ3n) is 1.38. The van der Waals surface area contributed by atoms with Crippen molar-refractivity contribution in [1.82, 2.24) is 10.5 Å². The van der Waals surface area contributed by atoms with E-state index >= 15 is 0 Å². The summed E-state index contributed by atoms with van der Waals surface area (Å²) in [6.07, 6.45) is 0. The highest BCUT2D eigenvalue weighted by molar-refractivity contribution is 5.13. The minimum atomic E-state index is 0.772. The van der Waals surface area contributed by atoms with E-state index in [4.69, 9.17) is 5.84 Å². The quantitative estimate of drug-likeness (QED) is 0.488. The molecule has 3 N–H and O–H groups in total. The van der Waals surface area contributed by atoms with Gasteiger partial charge in [0.1, 0.15) is 0 Å². The van der Waals surface area contributed by atoms with E-state index in [0.29, 0.717) is 0 Å². The molecule has 0 bridgehead atoms. The van der Waals surface area contributed by atoms with Gasteiger partial charge < -0.3 is 0 Å². The van der Waals surface area contributed by atoms with Gasteiger partial charge in [-0.1, -0.05) is 30.3 Å². The van der Waals surface area contributed by atoms with Gasteiger partial charge in [-0.25, -0.2) is 5.43 Å². The van der Waals surface area contributed by atoms with Crippen molar-refractivity contribution in [2.45, 2.75) is 6.54 Å². The molecular weight excluding hydrogens is 138 g/mol. The molecule has 3 nitrogen and oxygen atoms in total. The Kier molecular flexibility index (Phi) is 3.04. The van der Waals surface area contributed by atoms with Crippen molar-refractivity contribution >= 4 is 0 Å². The summed E-state index contributed by atoms with van der Waals surface area (Å²) in [5, 5.41) is 1.45. The third kappa shape index (κ3) is 3.13. The van der Waals surface area contributed by atoms with E-state index < -0.39 is 0 Å². The molecule has 0 saturated carbocycles. The molecule has 1 aromatic carbocycles. The second-order valence-electron chi connectivity index (χ2n) is 2.43. The highest BCUT2D eigenvalue weighted by Gasteiger charge is 1.90. The van der Waals surface area contributed by atoms with Gasteiger partial charge >= 0.3 is 0 Å². The lowest BCUT2D eigenvalue weighted by Crippen LogP contribution is -2.39. The molecular formula is C8H13N3. The molecule has 1 aromatic rings. The molecule has 0 radical (unpaired) electrons. The fourth-order valence-electron chi connectivity index (χ4n) is 0.812. The molecule has 0 saturated heterocycles. The summed E-state index contributed by atoms with van der Waals surface area (Å²) >= 11 is 0. The molecule has 60 valence electrons. The first-order chi connectivity index (χ1) is 5.29. The van der Waals surface area contributed by atoms with Gasteiger partial charge in [0.25, 0.3) is 0 Å².